The summed E-state index contributed by atoms with van der Waals surface area (Å²) < 4.78 is 5.33. The summed E-state index contributed by atoms with van der Waals surface area (Å²) in [6, 6.07) is 11.0. The Hall–Kier alpha value is -2.53. The van der Waals surface area contributed by atoms with Gasteiger partial charge in [0.2, 0.25) is 11.8 Å². The molecule has 0 bridgehead atoms. The molecular formula is C20H21ClN2O3. The first-order chi connectivity index (χ1) is 12.4. The molecule has 0 spiro atoms. The number of methoxy groups -OCH3 is 1. The fourth-order valence-electron chi connectivity index (χ4n) is 3.23. The van der Waals surface area contributed by atoms with Crippen LogP contribution in [0.25, 0.3) is 0 Å². The summed E-state index contributed by atoms with van der Waals surface area (Å²) in [6.07, 6.45) is 0.159. The first-order valence-electron chi connectivity index (χ1n) is 8.41. The number of nitrogens with zero attached hydrogens (tertiary/aromatic N) is 1. The zero-order valence-corrected chi connectivity index (χ0v) is 15.8. The van der Waals surface area contributed by atoms with Gasteiger partial charge in [0, 0.05) is 23.7 Å². The van der Waals surface area contributed by atoms with Crippen molar-refractivity contribution in [2.24, 2.45) is 5.92 Å². The summed E-state index contributed by atoms with van der Waals surface area (Å²) in [6.45, 7) is 4.20. The highest BCUT2D eigenvalue weighted by Crippen LogP contribution is 2.35. The molecule has 1 aliphatic heterocycles. The van der Waals surface area contributed by atoms with Crippen LogP contribution in [0.3, 0.4) is 0 Å². The fraction of sp³-hybridized carbons (Fsp3) is 0.300. The van der Waals surface area contributed by atoms with E-state index in [9.17, 15) is 9.59 Å². The summed E-state index contributed by atoms with van der Waals surface area (Å²) in [5.41, 5.74) is 3.39. The molecule has 0 saturated carbocycles. The van der Waals surface area contributed by atoms with Gasteiger partial charge in [0.15, 0.2) is 0 Å². The number of carbonyl (C=O) groups excluding carboxylic acids is 2. The van der Waals surface area contributed by atoms with E-state index in [2.05, 4.69) is 5.32 Å². The minimum absolute atomic E-state index is 0.118. The van der Waals surface area contributed by atoms with Crippen molar-refractivity contribution in [3.63, 3.8) is 0 Å². The molecule has 1 N–H and O–H groups in total. The number of rotatable bonds is 4. The lowest BCUT2D eigenvalue weighted by Gasteiger charge is -2.20. The Morgan fingerprint density at radius 2 is 1.92 bits per heavy atom. The third kappa shape index (κ3) is 3.53. The van der Waals surface area contributed by atoms with Crippen molar-refractivity contribution in [1.82, 2.24) is 0 Å². The molecule has 1 heterocycles. The average molecular weight is 373 g/mol. The molecule has 5 nitrogen and oxygen atoms in total. The Kier molecular flexibility index (Phi) is 5.18. The van der Waals surface area contributed by atoms with Gasteiger partial charge in [-0.25, -0.2) is 0 Å². The van der Waals surface area contributed by atoms with Gasteiger partial charge in [0.05, 0.1) is 18.7 Å². The smallest absolute Gasteiger partial charge is 0.229 e. The standard InChI is InChI=1S/C20H21ClN2O3/c1-12-5-4-6-13(2)19(12)22-20(25)14-9-18(24)23(11-14)16-10-15(21)7-8-17(16)26-3/h4-8,10,14H,9,11H2,1-3H3,(H,22,25). The quantitative estimate of drug-likeness (QED) is 0.883. The number of nitrogens with one attached hydrogen (secondary N) is 1. The largest absolute Gasteiger partial charge is 0.495 e. The molecule has 2 amide bonds. The van der Waals surface area contributed by atoms with Crippen molar-refractivity contribution in [3.05, 3.63) is 52.5 Å². The maximum atomic E-state index is 12.7. The molecule has 0 aromatic heterocycles. The van der Waals surface area contributed by atoms with Crippen molar-refractivity contribution in [1.29, 1.82) is 0 Å². The Labute approximate surface area is 157 Å². The van der Waals surface area contributed by atoms with Crippen LogP contribution in [-0.4, -0.2) is 25.5 Å². The van der Waals surface area contributed by atoms with Gasteiger partial charge < -0.3 is 15.0 Å². The second kappa shape index (κ2) is 7.38. The van der Waals surface area contributed by atoms with E-state index in [0.29, 0.717) is 23.0 Å². The van der Waals surface area contributed by atoms with Gasteiger partial charge in [-0.05, 0) is 43.2 Å². The number of hydrogen-bond donors (Lipinski definition) is 1. The van der Waals surface area contributed by atoms with Crippen LogP contribution in [0.2, 0.25) is 5.02 Å². The molecular weight excluding hydrogens is 352 g/mol. The highest BCUT2D eigenvalue weighted by Gasteiger charge is 2.36. The lowest BCUT2D eigenvalue weighted by Crippen LogP contribution is -2.28. The number of amides is 2. The molecule has 3 rings (SSSR count). The molecule has 1 saturated heterocycles. The van der Waals surface area contributed by atoms with Crippen LogP contribution in [0.5, 0.6) is 5.75 Å². The molecule has 2 aromatic rings. The van der Waals surface area contributed by atoms with Crippen molar-refractivity contribution in [3.8, 4) is 5.75 Å². The molecule has 1 fully saturated rings. The number of carbonyl (C=O) groups is 2. The first-order valence-corrected chi connectivity index (χ1v) is 8.79. The van der Waals surface area contributed by atoms with Gasteiger partial charge in [-0.2, -0.15) is 0 Å². The summed E-state index contributed by atoms with van der Waals surface area (Å²) >= 11 is 6.07. The number of benzene rings is 2. The molecule has 0 aliphatic carbocycles. The Morgan fingerprint density at radius 1 is 1.23 bits per heavy atom. The average Bonchev–Trinajstić information content (AvgIpc) is 3.00. The Morgan fingerprint density at radius 3 is 2.58 bits per heavy atom. The lowest BCUT2D eigenvalue weighted by atomic mass is 10.1. The number of para-hydroxylation sites is 1. The van der Waals surface area contributed by atoms with Gasteiger partial charge in [-0.1, -0.05) is 29.8 Å². The van der Waals surface area contributed by atoms with Crippen LogP contribution < -0.4 is 15.0 Å². The SMILES string of the molecule is COc1ccc(Cl)cc1N1CC(C(=O)Nc2c(C)cccc2C)CC1=O. The summed E-state index contributed by atoms with van der Waals surface area (Å²) in [7, 11) is 1.54. The highest BCUT2D eigenvalue weighted by molar-refractivity contribution is 6.31. The molecule has 26 heavy (non-hydrogen) atoms. The predicted molar refractivity (Wildman–Crippen MR) is 103 cm³/mol. The minimum atomic E-state index is -0.426. The first kappa shape index (κ1) is 18.3. The van der Waals surface area contributed by atoms with E-state index in [1.54, 1.807) is 30.2 Å². The van der Waals surface area contributed by atoms with Crippen molar-refractivity contribution < 1.29 is 14.3 Å². The molecule has 136 valence electrons. The fourth-order valence-corrected chi connectivity index (χ4v) is 3.39. The van der Waals surface area contributed by atoms with Gasteiger partial charge in [-0.3, -0.25) is 9.59 Å². The van der Waals surface area contributed by atoms with Crippen molar-refractivity contribution in [2.75, 3.05) is 23.9 Å². The predicted octanol–water partition coefficient (Wildman–Crippen LogP) is 3.96. The van der Waals surface area contributed by atoms with Crippen LogP contribution >= 0.6 is 11.6 Å². The molecule has 1 aliphatic rings. The number of ether oxygens (including phenoxy) is 1. The van der Waals surface area contributed by atoms with Gasteiger partial charge in [0.25, 0.3) is 0 Å². The number of hydrogen-bond acceptors (Lipinski definition) is 3. The third-order valence-electron chi connectivity index (χ3n) is 4.66. The zero-order chi connectivity index (χ0) is 18.8. The molecule has 2 aromatic carbocycles. The van der Waals surface area contributed by atoms with Gasteiger partial charge in [0.1, 0.15) is 5.75 Å². The maximum absolute atomic E-state index is 12.7. The number of anilines is 2. The van der Waals surface area contributed by atoms with E-state index in [0.717, 1.165) is 16.8 Å². The molecule has 6 heteroatoms. The highest BCUT2D eigenvalue weighted by atomic mass is 35.5. The Bertz CT molecular complexity index is 846. The zero-order valence-electron chi connectivity index (χ0n) is 15.0. The van der Waals surface area contributed by atoms with E-state index in [-0.39, 0.29) is 18.2 Å². The van der Waals surface area contributed by atoms with Gasteiger partial charge in [-0.15, -0.1) is 0 Å². The number of aryl methyl sites for hydroxylation is 2. The summed E-state index contributed by atoms with van der Waals surface area (Å²) in [4.78, 5) is 26.8. The van der Waals surface area contributed by atoms with Gasteiger partial charge >= 0.3 is 0 Å². The summed E-state index contributed by atoms with van der Waals surface area (Å²) in [5.74, 6) is -0.143. The van der Waals surface area contributed by atoms with Crippen molar-refractivity contribution in [2.45, 2.75) is 20.3 Å². The van der Waals surface area contributed by atoms with Crippen molar-refractivity contribution >= 4 is 34.8 Å². The lowest BCUT2D eigenvalue weighted by molar-refractivity contribution is -0.122. The molecule has 1 unspecified atom stereocenters. The monoisotopic (exact) mass is 372 g/mol. The number of halogens is 1. The molecule has 1 atom stereocenters. The van der Waals surface area contributed by atoms with Crippen LogP contribution in [0.1, 0.15) is 17.5 Å². The Balaban J connectivity index is 1.80. The minimum Gasteiger partial charge on any atom is -0.495 e. The molecule has 0 radical (unpaired) electrons. The van der Waals surface area contributed by atoms with Crippen LogP contribution in [0, 0.1) is 19.8 Å². The van der Waals surface area contributed by atoms with Crippen LogP contribution in [0.4, 0.5) is 11.4 Å². The van der Waals surface area contributed by atoms with E-state index >= 15 is 0 Å². The van der Waals surface area contributed by atoms with E-state index in [4.69, 9.17) is 16.3 Å². The van der Waals surface area contributed by atoms with E-state index in [1.165, 1.54) is 0 Å². The third-order valence-corrected chi connectivity index (χ3v) is 4.89. The van der Waals surface area contributed by atoms with E-state index in [1.807, 2.05) is 32.0 Å². The second-order valence-electron chi connectivity index (χ2n) is 6.48. The second-order valence-corrected chi connectivity index (χ2v) is 6.91. The maximum Gasteiger partial charge on any atom is 0.229 e. The summed E-state index contributed by atoms with van der Waals surface area (Å²) in [5, 5.41) is 3.49. The normalized spacial score (nSPS) is 16.7. The van der Waals surface area contributed by atoms with E-state index < -0.39 is 5.92 Å². The van der Waals surface area contributed by atoms with Crippen LogP contribution in [-0.2, 0) is 9.59 Å². The topological polar surface area (TPSA) is 58.6 Å². The van der Waals surface area contributed by atoms with Crippen LogP contribution in [0.15, 0.2) is 36.4 Å².